The highest BCUT2D eigenvalue weighted by Crippen LogP contribution is 2.23. The Kier molecular flexibility index (Phi) is 5.76. The maximum absolute atomic E-state index is 12.5. The molecular weight excluding hydrogens is 366 g/mol. The van der Waals surface area contributed by atoms with Crippen LogP contribution in [-0.2, 0) is 20.9 Å². The van der Waals surface area contributed by atoms with Crippen molar-refractivity contribution in [3.8, 4) is 0 Å². The van der Waals surface area contributed by atoms with Gasteiger partial charge in [-0.1, -0.05) is 29.8 Å². The van der Waals surface area contributed by atoms with Gasteiger partial charge in [0.1, 0.15) is 0 Å². The Morgan fingerprint density at radius 1 is 1.11 bits per heavy atom. The fraction of sp³-hybridized carbons (Fsp3) is 0.250. The van der Waals surface area contributed by atoms with Crippen LogP contribution < -0.4 is 10.6 Å². The van der Waals surface area contributed by atoms with Crippen molar-refractivity contribution in [2.75, 3.05) is 17.2 Å². The van der Waals surface area contributed by atoms with Gasteiger partial charge in [0, 0.05) is 42.8 Å². The third-order valence-electron chi connectivity index (χ3n) is 4.32. The molecule has 27 heavy (non-hydrogen) atoms. The molecule has 2 N–H and O–H groups in total. The Morgan fingerprint density at radius 3 is 2.44 bits per heavy atom. The van der Waals surface area contributed by atoms with Crippen molar-refractivity contribution < 1.29 is 14.4 Å². The number of anilines is 2. The van der Waals surface area contributed by atoms with Crippen LogP contribution in [0.25, 0.3) is 0 Å². The number of rotatable bonds is 5. The smallest absolute Gasteiger partial charge is 0.229 e. The third kappa shape index (κ3) is 5.08. The van der Waals surface area contributed by atoms with Gasteiger partial charge in [-0.15, -0.1) is 0 Å². The minimum atomic E-state index is -0.408. The van der Waals surface area contributed by atoms with Gasteiger partial charge in [0.2, 0.25) is 17.7 Å². The number of benzene rings is 2. The predicted octanol–water partition coefficient (Wildman–Crippen LogP) is 3.29. The fourth-order valence-electron chi connectivity index (χ4n) is 3.03. The second-order valence-corrected chi connectivity index (χ2v) is 6.99. The summed E-state index contributed by atoms with van der Waals surface area (Å²) in [7, 11) is 0. The van der Waals surface area contributed by atoms with Crippen LogP contribution in [0.15, 0.2) is 48.5 Å². The van der Waals surface area contributed by atoms with Crippen molar-refractivity contribution in [3.63, 3.8) is 0 Å². The number of halogens is 1. The van der Waals surface area contributed by atoms with Gasteiger partial charge in [-0.05, 0) is 35.9 Å². The van der Waals surface area contributed by atoms with Crippen molar-refractivity contribution in [1.82, 2.24) is 4.90 Å². The lowest BCUT2D eigenvalue weighted by atomic mass is 10.1. The summed E-state index contributed by atoms with van der Waals surface area (Å²) < 4.78 is 0. The maximum atomic E-state index is 12.5. The van der Waals surface area contributed by atoms with E-state index < -0.39 is 5.92 Å². The summed E-state index contributed by atoms with van der Waals surface area (Å²) in [6.07, 6.45) is 0.185. The van der Waals surface area contributed by atoms with Crippen molar-refractivity contribution in [2.45, 2.75) is 19.9 Å². The van der Waals surface area contributed by atoms with Gasteiger partial charge in [-0.2, -0.15) is 0 Å². The number of hydrogen-bond donors (Lipinski definition) is 2. The van der Waals surface area contributed by atoms with Gasteiger partial charge in [-0.25, -0.2) is 0 Å². The maximum Gasteiger partial charge on any atom is 0.229 e. The highest BCUT2D eigenvalue weighted by molar-refractivity contribution is 6.30. The zero-order valence-electron chi connectivity index (χ0n) is 14.9. The molecule has 0 bridgehead atoms. The molecule has 1 atom stereocenters. The molecule has 0 unspecified atom stereocenters. The second kappa shape index (κ2) is 8.22. The molecular formula is C20H20ClN3O3. The summed E-state index contributed by atoms with van der Waals surface area (Å²) in [6.45, 7) is 2.25. The molecule has 1 fully saturated rings. The Bertz CT molecular complexity index is 867. The molecule has 0 aromatic heterocycles. The van der Waals surface area contributed by atoms with E-state index in [4.69, 9.17) is 11.6 Å². The van der Waals surface area contributed by atoms with Crippen molar-refractivity contribution >= 4 is 40.7 Å². The molecule has 0 aliphatic carbocycles. The predicted molar refractivity (Wildman–Crippen MR) is 104 cm³/mol. The van der Waals surface area contributed by atoms with Crippen LogP contribution in [0.4, 0.5) is 11.4 Å². The van der Waals surface area contributed by atoms with E-state index in [1.54, 1.807) is 41.3 Å². The van der Waals surface area contributed by atoms with Gasteiger partial charge in [-0.3, -0.25) is 14.4 Å². The average molecular weight is 386 g/mol. The molecule has 1 heterocycles. The van der Waals surface area contributed by atoms with E-state index in [-0.39, 0.29) is 24.1 Å². The first kappa shape index (κ1) is 18.9. The van der Waals surface area contributed by atoms with Crippen molar-refractivity contribution in [1.29, 1.82) is 0 Å². The zero-order chi connectivity index (χ0) is 19.4. The van der Waals surface area contributed by atoms with Crippen LogP contribution in [0.5, 0.6) is 0 Å². The summed E-state index contributed by atoms with van der Waals surface area (Å²) in [4.78, 5) is 37.6. The number of carbonyl (C=O) groups excluding carboxylic acids is 3. The number of nitrogens with zero attached hydrogens (tertiary/aromatic N) is 1. The fourth-order valence-corrected chi connectivity index (χ4v) is 3.16. The largest absolute Gasteiger partial charge is 0.338 e. The highest BCUT2D eigenvalue weighted by atomic mass is 35.5. The van der Waals surface area contributed by atoms with E-state index in [9.17, 15) is 14.4 Å². The average Bonchev–Trinajstić information content (AvgIpc) is 2.97. The first-order chi connectivity index (χ1) is 12.9. The third-order valence-corrected chi connectivity index (χ3v) is 4.57. The van der Waals surface area contributed by atoms with E-state index in [2.05, 4.69) is 10.6 Å². The van der Waals surface area contributed by atoms with E-state index in [1.807, 2.05) is 12.1 Å². The molecule has 1 aliphatic rings. The number of carbonyl (C=O) groups is 3. The van der Waals surface area contributed by atoms with Gasteiger partial charge in [0.05, 0.1) is 5.92 Å². The van der Waals surface area contributed by atoms with E-state index in [0.29, 0.717) is 29.5 Å². The van der Waals surface area contributed by atoms with Gasteiger partial charge >= 0.3 is 0 Å². The van der Waals surface area contributed by atoms with Crippen LogP contribution in [0.1, 0.15) is 18.9 Å². The van der Waals surface area contributed by atoms with Crippen molar-refractivity contribution in [3.05, 3.63) is 59.1 Å². The summed E-state index contributed by atoms with van der Waals surface area (Å²) in [5, 5.41) is 6.14. The Hall–Kier alpha value is -2.86. The molecule has 1 saturated heterocycles. The monoisotopic (exact) mass is 385 g/mol. The Balaban J connectivity index is 1.60. The van der Waals surface area contributed by atoms with E-state index in [0.717, 1.165) is 5.56 Å². The lowest BCUT2D eigenvalue weighted by Crippen LogP contribution is -2.28. The first-order valence-electron chi connectivity index (χ1n) is 8.61. The first-order valence-corrected chi connectivity index (χ1v) is 8.99. The van der Waals surface area contributed by atoms with Gasteiger partial charge < -0.3 is 15.5 Å². The van der Waals surface area contributed by atoms with E-state index >= 15 is 0 Å². The topological polar surface area (TPSA) is 78.5 Å². The highest BCUT2D eigenvalue weighted by Gasteiger charge is 2.34. The van der Waals surface area contributed by atoms with Crippen LogP contribution in [-0.4, -0.2) is 29.2 Å². The molecule has 0 saturated carbocycles. The molecule has 0 radical (unpaired) electrons. The lowest BCUT2D eigenvalue weighted by molar-refractivity contribution is -0.128. The van der Waals surface area contributed by atoms with Crippen molar-refractivity contribution in [2.24, 2.45) is 5.92 Å². The van der Waals surface area contributed by atoms with E-state index in [1.165, 1.54) is 6.92 Å². The quantitative estimate of drug-likeness (QED) is 0.829. The molecule has 2 aromatic rings. The lowest BCUT2D eigenvalue weighted by Gasteiger charge is -2.17. The zero-order valence-corrected chi connectivity index (χ0v) is 15.6. The SMILES string of the molecule is CC(=O)Nc1cccc(NC(=O)[C@@H]2CC(=O)N(Cc3ccc(Cl)cc3)C2)c1. The summed E-state index contributed by atoms with van der Waals surface area (Å²) in [5.74, 6) is -0.842. The number of amides is 3. The molecule has 3 rings (SSSR count). The molecule has 1 aliphatic heterocycles. The second-order valence-electron chi connectivity index (χ2n) is 6.55. The molecule has 140 valence electrons. The minimum absolute atomic E-state index is 0.0444. The Labute approximate surface area is 162 Å². The number of likely N-dealkylation sites (tertiary alicyclic amines) is 1. The van der Waals surface area contributed by atoms with Crippen LogP contribution in [0.3, 0.4) is 0 Å². The molecule has 3 amide bonds. The normalized spacial score (nSPS) is 16.3. The number of hydrogen-bond acceptors (Lipinski definition) is 3. The molecule has 0 spiro atoms. The summed E-state index contributed by atoms with van der Waals surface area (Å²) in [5.41, 5.74) is 2.15. The van der Waals surface area contributed by atoms with Gasteiger partial charge in [0.15, 0.2) is 0 Å². The van der Waals surface area contributed by atoms with Crippen LogP contribution in [0, 0.1) is 5.92 Å². The van der Waals surface area contributed by atoms with Crippen LogP contribution in [0.2, 0.25) is 5.02 Å². The number of nitrogens with one attached hydrogen (secondary N) is 2. The summed E-state index contributed by atoms with van der Waals surface area (Å²) >= 11 is 5.88. The molecule has 6 nitrogen and oxygen atoms in total. The van der Waals surface area contributed by atoms with Gasteiger partial charge in [0.25, 0.3) is 0 Å². The summed E-state index contributed by atoms with van der Waals surface area (Å²) in [6, 6.07) is 14.2. The standard InChI is InChI=1S/C20H20ClN3O3/c1-13(25)22-17-3-2-4-18(10-17)23-20(27)15-9-19(26)24(12-15)11-14-5-7-16(21)8-6-14/h2-8,10,15H,9,11-12H2,1H3,(H,22,25)(H,23,27)/t15-/m1/s1. The Morgan fingerprint density at radius 2 is 1.78 bits per heavy atom. The molecule has 7 heteroatoms. The van der Waals surface area contributed by atoms with Crippen LogP contribution >= 0.6 is 11.6 Å². The molecule has 2 aromatic carbocycles. The minimum Gasteiger partial charge on any atom is -0.338 e.